The summed E-state index contributed by atoms with van der Waals surface area (Å²) in [7, 11) is 0. The SMILES string of the molecule is Cc1cn2c(n1)CCC(NC(=O)C1Cc3ccccc3O1)C2. The smallest absolute Gasteiger partial charge is 0.261 e. The second kappa shape index (κ2) is 5.16. The molecule has 22 heavy (non-hydrogen) atoms. The molecule has 5 heteroatoms. The number of rotatable bonds is 2. The van der Waals surface area contributed by atoms with Gasteiger partial charge in [0.25, 0.3) is 5.91 Å². The molecule has 1 amide bonds. The maximum absolute atomic E-state index is 12.4. The maximum atomic E-state index is 12.4. The van der Waals surface area contributed by atoms with Crippen LogP contribution in [0.4, 0.5) is 0 Å². The van der Waals surface area contributed by atoms with Crippen molar-refractivity contribution < 1.29 is 9.53 Å². The number of benzene rings is 1. The van der Waals surface area contributed by atoms with E-state index >= 15 is 0 Å². The molecule has 114 valence electrons. The van der Waals surface area contributed by atoms with Gasteiger partial charge in [-0.05, 0) is 25.0 Å². The minimum Gasteiger partial charge on any atom is -0.480 e. The molecular weight excluding hydrogens is 278 g/mol. The van der Waals surface area contributed by atoms with Crippen molar-refractivity contribution in [2.45, 2.75) is 44.9 Å². The highest BCUT2D eigenvalue weighted by Crippen LogP contribution is 2.28. The summed E-state index contributed by atoms with van der Waals surface area (Å²) in [6.07, 6.45) is 4.15. The van der Waals surface area contributed by atoms with Gasteiger partial charge in [0.1, 0.15) is 11.6 Å². The van der Waals surface area contributed by atoms with E-state index in [9.17, 15) is 4.79 Å². The van der Waals surface area contributed by atoms with Crippen molar-refractivity contribution in [3.63, 3.8) is 0 Å². The van der Waals surface area contributed by atoms with Crippen molar-refractivity contribution in [1.82, 2.24) is 14.9 Å². The van der Waals surface area contributed by atoms with Gasteiger partial charge in [-0.15, -0.1) is 0 Å². The maximum Gasteiger partial charge on any atom is 0.261 e. The Hall–Kier alpha value is -2.30. The molecule has 0 spiro atoms. The topological polar surface area (TPSA) is 56.2 Å². The first-order chi connectivity index (χ1) is 10.7. The number of hydrogen-bond donors (Lipinski definition) is 1. The first kappa shape index (κ1) is 13.4. The van der Waals surface area contributed by atoms with Crippen molar-refractivity contribution in [3.8, 4) is 5.75 Å². The molecule has 2 aromatic rings. The molecule has 0 fully saturated rings. The Morgan fingerprint density at radius 1 is 1.41 bits per heavy atom. The van der Waals surface area contributed by atoms with Gasteiger partial charge < -0.3 is 14.6 Å². The molecule has 2 aliphatic rings. The number of amides is 1. The van der Waals surface area contributed by atoms with Crippen LogP contribution in [-0.4, -0.2) is 27.6 Å². The third-order valence-electron chi connectivity index (χ3n) is 4.40. The summed E-state index contributed by atoms with van der Waals surface area (Å²) in [5.74, 6) is 1.94. The predicted molar refractivity (Wildman–Crippen MR) is 81.8 cm³/mol. The van der Waals surface area contributed by atoms with E-state index in [0.29, 0.717) is 6.42 Å². The molecule has 0 saturated heterocycles. The van der Waals surface area contributed by atoms with Crippen molar-refractivity contribution >= 4 is 5.91 Å². The number of para-hydroxylation sites is 1. The van der Waals surface area contributed by atoms with E-state index in [-0.39, 0.29) is 11.9 Å². The zero-order chi connectivity index (χ0) is 15.1. The molecule has 3 heterocycles. The number of ether oxygens (including phenoxy) is 1. The van der Waals surface area contributed by atoms with Gasteiger partial charge in [-0.25, -0.2) is 4.98 Å². The van der Waals surface area contributed by atoms with Crippen LogP contribution in [0.1, 0.15) is 23.5 Å². The minimum atomic E-state index is -0.400. The molecule has 2 aliphatic heterocycles. The lowest BCUT2D eigenvalue weighted by atomic mass is 10.1. The fraction of sp³-hybridized carbons (Fsp3) is 0.412. The average Bonchev–Trinajstić information content (AvgIpc) is 3.08. The summed E-state index contributed by atoms with van der Waals surface area (Å²) in [6, 6.07) is 8.00. The summed E-state index contributed by atoms with van der Waals surface area (Å²) in [6.45, 7) is 2.80. The largest absolute Gasteiger partial charge is 0.480 e. The molecule has 0 aliphatic carbocycles. The number of carbonyl (C=O) groups is 1. The van der Waals surface area contributed by atoms with Gasteiger partial charge in [-0.3, -0.25) is 4.79 Å². The second-order valence-corrected chi connectivity index (χ2v) is 6.11. The molecule has 0 radical (unpaired) electrons. The highest BCUT2D eigenvalue weighted by atomic mass is 16.5. The monoisotopic (exact) mass is 297 g/mol. The highest BCUT2D eigenvalue weighted by Gasteiger charge is 2.31. The first-order valence-corrected chi connectivity index (χ1v) is 7.76. The average molecular weight is 297 g/mol. The molecule has 2 atom stereocenters. The van der Waals surface area contributed by atoms with Crippen LogP contribution in [0.2, 0.25) is 0 Å². The fourth-order valence-electron chi connectivity index (χ4n) is 3.33. The molecule has 1 aromatic carbocycles. The summed E-state index contributed by atoms with van der Waals surface area (Å²) < 4.78 is 7.90. The minimum absolute atomic E-state index is 0.0125. The van der Waals surface area contributed by atoms with Crippen LogP contribution in [0.5, 0.6) is 5.75 Å². The lowest BCUT2D eigenvalue weighted by molar-refractivity contribution is -0.128. The number of nitrogens with zero attached hydrogens (tertiary/aromatic N) is 2. The van der Waals surface area contributed by atoms with Crippen molar-refractivity contribution in [2.24, 2.45) is 0 Å². The molecule has 4 rings (SSSR count). The number of nitrogens with one attached hydrogen (secondary N) is 1. The summed E-state index contributed by atoms with van der Waals surface area (Å²) in [4.78, 5) is 16.9. The Morgan fingerprint density at radius 3 is 3.14 bits per heavy atom. The summed E-state index contributed by atoms with van der Waals surface area (Å²) >= 11 is 0. The molecule has 1 aromatic heterocycles. The van der Waals surface area contributed by atoms with Crippen LogP contribution < -0.4 is 10.1 Å². The Kier molecular flexibility index (Phi) is 3.13. The van der Waals surface area contributed by atoms with Crippen molar-refractivity contribution in [1.29, 1.82) is 0 Å². The molecular formula is C17H19N3O2. The number of fused-ring (bicyclic) bond motifs is 2. The van der Waals surface area contributed by atoms with E-state index in [0.717, 1.165) is 42.2 Å². The normalized spacial score (nSPS) is 22.6. The van der Waals surface area contributed by atoms with Gasteiger partial charge in [0.15, 0.2) is 6.10 Å². The quantitative estimate of drug-likeness (QED) is 0.916. The molecule has 0 saturated carbocycles. The highest BCUT2D eigenvalue weighted by molar-refractivity contribution is 5.82. The Labute approximate surface area is 129 Å². The van der Waals surface area contributed by atoms with E-state index in [1.54, 1.807) is 0 Å². The molecule has 1 N–H and O–H groups in total. The zero-order valence-electron chi connectivity index (χ0n) is 12.6. The van der Waals surface area contributed by atoms with Crippen LogP contribution in [0.3, 0.4) is 0 Å². The number of aromatic nitrogens is 2. The van der Waals surface area contributed by atoms with Crippen LogP contribution in [0.15, 0.2) is 30.5 Å². The van der Waals surface area contributed by atoms with Crippen LogP contribution in [0, 0.1) is 6.92 Å². The second-order valence-electron chi connectivity index (χ2n) is 6.11. The third-order valence-corrected chi connectivity index (χ3v) is 4.40. The van der Waals surface area contributed by atoms with Crippen LogP contribution in [-0.2, 0) is 24.2 Å². The first-order valence-electron chi connectivity index (χ1n) is 7.76. The summed E-state index contributed by atoms with van der Waals surface area (Å²) in [5, 5.41) is 3.13. The number of imidazole rings is 1. The Bertz CT molecular complexity index is 697. The number of hydrogen-bond acceptors (Lipinski definition) is 3. The van der Waals surface area contributed by atoms with E-state index in [2.05, 4.69) is 21.1 Å². The van der Waals surface area contributed by atoms with Gasteiger partial charge in [0.05, 0.1) is 5.69 Å². The van der Waals surface area contributed by atoms with E-state index < -0.39 is 6.10 Å². The third kappa shape index (κ3) is 2.36. The summed E-state index contributed by atoms with van der Waals surface area (Å²) in [5.41, 5.74) is 2.15. The number of carbonyl (C=O) groups excluding carboxylic acids is 1. The lowest BCUT2D eigenvalue weighted by Crippen LogP contribution is -2.46. The Morgan fingerprint density at radius 2 is 2.27 bits per heavy atom. The van der Waals surface area contributed by atoms with Gasteiger partial charge in [0.2, 0.25) is 0 Å². The van der Waals surface area contributed by atoms with E-state index in [4.69, 9.17) is 4.74 Å². The van der Waals surface area contributed by atoms with Crippen LogP contribution in [0.25, 0.3) is 0 Å². The van der Waals surface area contributed by atoms with Gasteiger partial charge in [-0.2, -0.15) is 0 Å². The zero-order valence-corrected chi connectivity index (χ0v) is 12.6. The molecule has 5 nitrogen and oxygen atoms in total. The standard InChI is InChI=1S/C17H19N3O2/c1-11-9-20-10-13(6-7-16(20)18-11)19-17(21)15-8-12-4-2-3-5-14(12)22-15/h2-5,9,13,15H,6-8,10H2,1H3,(H,19,21). The Balaban J connectivity index is 1.40. The van der Waals surface area contributed by atoms with Crippen molar-refractivity contribution in [2.75, 3.05) is 0 Å². The van der Waals surface area contributed by atoms with Gasteiger partial charge in [0, 0.05) is 31.6 Å². The van der Waals surface area contributed by atoms with Crippen LogP contribution >= 0.6 is 0 Å². The fourth-order valence-corrected chi connectivity index (χ4v) is 3.33. The molecule has 2 unspecified atom stereocenters. The van der Waals surface area contributed by atoms with Crippen molar-refractivity contribution in [3.05, 3.63) is 47.5 Å². The predicted octanol–water partition coefficient (Wildman–Crippen LogP) is 1.63. The lowest BCUT2D eigenvalue weighted by Gasteiger charge is -2.25. The van der Waals surface area contributed by atoms with E-state index in [1.807, 2.05) is 31.2 Å². The number of aryl methyl sites for hydroxylation is 2. The van der Waals surface area contributed by atoms with Gasteiger partial charge >= 0.3 is 0 Å². The molecule has 0 bridgehead atoms. The van der Waals surface area contributed by atoms with Gasteiger partial charge in [-0.1, -0.05) is 18.2 Å². The van der Waals surface area contributed by atoms with E-state index in [1.165, 1.54) is 0 Å².